The van der Waals surface area contributed by atoms with E-state index in [0.29, 0.717) is 12.6 Å². The SMILES string of the molecule is Cc1nnc(CN=C(NCCCN(C)c2ccccc2)NC2CCC(O)CC2)n1C.I. The molecule has 1 saturated carbocycles. The molecule has 0 unspecified atom stereocenters. The summed E-state index contributed by atoms with van der Waals surface area (Å²) >= 11 is 0. The lowest BCUT2D eigenvalue weighted by Crippen LogP contribution is -2.46. The lowest BCUT2D eigenvalue weighted by molar-refractivity contribution is 0.120. The number of nitrogens with one attached hydrogen (secondary N) is 2. The van der Waals surface area contributed by atoms with E-state index in [1.165, 1.54) is 5.69 Å². The first-order valence-electron chi connectivity index (χ1n) is 10.9. The van der Waals surface area contributed by atoms with E-state index in [-0.39, 0.29) is 30.1 Å². The van der Waals surface area contributed by atoms with Crippen molar-refractivity contribution in [2.24, 2.45) is 12.0 Å². The van der Waals surface area contributed by atoms with Crippen molar-refractivity contribution in [1.29, 1.82) is 0 Å². The van der Waals surface area contributed by atoms with Gasteiger partial charge in [0.15, 0.2) is 11.8 Å². The number of benzene rings is 1. The highest BCUT2D eigenvalue weighted by molar-refractivity contribution is 14.0. The van der Waals surface area contributed by atoms with E-state index in [1.54, 1.807) is 0 Å². The van der Waals surface area contributed by atoms with Gasteiger partial charge < -0.3 is 25.2 Å². The summed E-state index contributed by atoms with van der Waals surface area (Å²) in [5.41, 5.74) is 1.22. The molecule has 31 heavy (non-hydrogen) atoms. The summed E-state index contributed by atoms with van der Waals surface area (Å²) in [7, 11) is 4.08. The molecular formula is C22H36IN7O. The maximum Gasteiger partial charge on any atom is 0.191 e. The van der Waals surface area contributed by atoms with Crippen LogP contribution in [0.5, 0.6) is 0 Å². The number of hydrogen-bond acceptors (Lipinski definition) is 5. The minimum atomic E-state index is -0.161. The average molecular weight is 541 g/mol. The number of aliphatic hydroxyl groups is 1. The Morgan fingerprint density at radius 1 is 1.19 bits per heavy atom. The van der Waals surface area contributed by atoms with Crippen molar-refractivity contribution < 1.29 is 5.11 Å². The standard InChI is InChI=1S/C22H35N7O.HI/c1-17-26-27-21(29(17)3)16-24-22(25-18-10-12-20(30)13-11-18)23-14-7-15-28(2)19-8-5-4-6-9-19;/h4-6,8-9,18,20,30H,7,10-16H2,1-3H3,(H2,23,24,25);1H. The number of anilines is 1. The Hall–Kier alpha value is -1.88. The summed E-state index contributed by atoms with van der Waals surface area (Å²) in [6.07, 6.45) is 4.44. The molecule has 1 aliphatic rings. The van der Waals surface area contributed by atoms with E-state index in [9.17, 15) is 5.11 Å². The molecule has 1 aromatic carbocycles. The maximum absolute atomic E-state index is 9.77. The zero-order valence-corrected chi connectivity index (χ0v) is 21.1. The Kier molecular flexibility index (Phi) is 10.5. The van der Waals surface area contributed by atoms with E-state index < -0.39 is 0 Å². The fourth-order valence-electron chi connectivity index (χ4n) is 3.64. The van der Waals surface area contributed by atoms with Crippen molar-refractivity contribution >= 4 is 35.6 Å². The first-order valence-corrected chi connectivity index (χ1v) is 10.9. The molecule has 172 valence electrons. The minimum absolute atomic E-state index is 0. The van der Waals surface area contributed by atoms with E-state index in [2.05, 4.69) is 57.0 Å². The van der Waals surface area contributed by atoms with Gasteiger partial charge >= 0.3 is 0 Å². The maximum atomic E-state index is 9.77. The van der Waals surface area contributed by atoms with Crippen LogP contribution in [-0.4, -0.2) is 58.1 Å². The first kappa shape index (κ1) is 25.4. The quantitative estimate of drug-likeness (QED) is 0.206. The highest BCUT2D eigenvalue weighted by Gasteiger charge is 2.20. The fraction of sp³-hybridized carbons (Fsp3) is 0.591. The van der Waals surface area contributed by atoms with Gasteiger partial charge in [0.05, 0.1) is 6.10 Å². The molecule has 0 spiro atoms. The third-order valence-electron chi connectivity index (χ3n) is 5.76. The summed E-state index contributed by atoms with van der Waals surface area (Å²) in [5, 5.41) is 25.1. The molecule has 0 amide bonds. The molecule has 0 radical (unpaired) electrons. The van der Waals surface area contributed by atoms with Crippen molar-refractivity contribution in [1.82, 2.24) is 25.4 Å². The molecule has 3 rings (SSSR count). The lowest BCUT2D eigenvalue weighted by atomic mass is 9.93. The van der Waals surface area contributed by atoms with Gasteiger partial charge in [-0.05, 0) is 51.2 Å². The normalized spacial score (nSPS) is 18.9. The zero-order valence-electron chi connectivity index (χ0n) is 18.8. The van der Waals surface area contributed by atoms with Crippen LogP contribution >= 0.6 is 24.0 Å². The van der Waals surface area contributed by atoms with Gasteiger partial charge in [-0.2, -0.15) is 0 Å². The van der Waals surface area contributed by atoms with Crippen LogP contribution in [0.2, 0.25) is 0 Å². The number of aliphatic hydroxyl groups excluding tert-OH is 1. The van der Waals surface area contributed by atoms with Crippen LogP contribution in [0.4, 0.5) is 5.69 Å². The van der Waals surface area contributed by atoms with Gasteiger partial charge in [0.25, 0.3) is 0 Å². The van der Waals surface area contributed by atoms with Crippen LogP contribution in [0.3, 0.4) is 0 Å². The molecule has 1 fully saturated rings. The Bertz CT molecular complexity index is 803. The third kappa shape index (κ3) is 7.95. The fourth-order valence-corrected chi connectivity index (χ4v) is 3.64. The van der Waals surface area contributed by atoms with Gasteiger partial charge in [-0.25, -0.2) is 4.99 Å². The highest BCUT2D eigenvalue weighted by Crippen LogP contribution is 2.18. The average Bonchev–Trinajstić information content (AvgIpc) is 3.09. The second-order valence-corrected chi connectivity index (χ2v) is 8.07. The molecule has 8 nitrogen and oxygen atoms in total. The summed E-state index contributed by atoms with van der Waals surface area (Å²) in [6.45, 7) is 4.21. The van der Waals surface area contributed by atoms with Crippen molar-refractivity contribution in [3.63, 3.8) is 0 Å². The summed E-state index contributed by atoms with van der Waals surface area (Å²) < 4.78 is 1.97. The van der Waals surface area contributed by atoms with Gasteiger partial charge in [0.1, 0.15) is 12.4 Å². The number of aryl methyl sites for hydroxylation is 1. The molecule has 1 aliphatic carbocycles. The second-order valence-electron chi connectivity index (χ2n) is 8.07. The molecule has 1 heterocycles. The van der Waals surface area contributed by atoms with Gasteiger partial charge in [-0.3, -0.25) is 0 Å². The minimum Gasteiger partial charge on any atom is -0.393 e. The number of hydrogen-bond donors (Lipinski definition) is 3. The predicted molar refractivity (Wildman–Crippen MR) is 136 cm³/mol. The van der Waals surface area contributed by atoms with E-state index >= 15 is 0 Å². The van der Waals surface area contributed by atoms with E-state index in [1.807, 2.05) is 24.6 Å². The Morgan fingerprint density at radius 3 is 2.55 bits per heavy atom. The predicted octanol–water partition coefficient (Wildman–Crippen LogP) is 2.61. The Labute approximate surface area is 202 Å². The largest absolute Gasteiger partial charge is 0.393 e. The van der Waals surface area contributed by atoms with Crippen molar-refractivity contribution in [3.05, 3.63) is 42.0 Å². The van der Waals surface area contributed by atoms with Gasteiger partial charge in [-0.15, -0.1) is 34.2 Å². The molecule has 0 bridgehead atoms. The topological polar surface area (TPSA) is 90.6 Å². The van der Waals surface area contributed by atoms with Gasteiger partial charge in [0, 0.05) is 38.9 Å². The van der Waals surface area contributed by atoms with Crippen molar-refractivity contribution in [2.75, 3.05) is 25.0 Å². The molecule has 9 heteroatoms. The molecule has 0 saturated heterocycles. The molecule has 0 aliphatic heterocycles. The van der Waals surface area contributed by atoms with Crippen LogP contribution in [0.25, 0.3) is 0 Å². The summed E-state index contributed by atoms with van der Waals surface area (Å²) in [4.78, 5) is 7.01. The van der Waals surface area contributed by atoms with Crippen LogP contribution in [0.1, 0.15) is 43.8 Å². The van der Waals surface area contributed by atoms with Crippen molar-refractivity contribution in [2.45, 2.75) is 57.7 Å². The first-order chi connectivity index (χ1) is 14.5. The Balaban J connectivity index is 0.00000341. The monoisotopic (exact) mass is 541 g/mol. The number of rotatable bonds is 8. The van der Waals surface area contributed by atoms with Crippen LogP contribution < -0.4 is 15.5 Å². The van der Waals surface area contributed by atoms with Crippen molar-refractivity contribution in [3.8, 4) is 0 Å². The number of guanidine groups is 1. The van der Waals surface area contributed by atoms with Crippen LogP contribution in [0.15, 0.2) is 35.3 Å². The molecule has 2 aromatic rings. The lowest BCUT2D eigenvalue weighted by Gasteiger charge is -2.28. The summed E-state index contributed by atoms with van der Waals surface area (Å²) in [5.74, 6) is 2.53. The number of para-hydroxylation sites is 1. The number of nitrogens with zero attached hydrogens (tertiary/aromatic N) is 5. The zero-order chi connectivity index (χ0) is 21.3. The number of aromatic nitrogens is 3. The number of halogens is 1. The second kappa shape index (κ2) is 12.8. The third-order valence-corrected chi connectivity index (χ3v) is 5.76. The van der Waals surface area contributed by atoms with Crippen LogP contribution in [0, 0.1) is 6.92 Å². The van der Waals surface area contributed by atoms with Crippen LogP contribution in [-0.2, 0) is 13.6 Å². The molecular weight excluding hydrogens is 505 g/mol. The van der Waals surface area contributed by atoms with Gasteiger partial charge in [0.2, 0.25) is 0 Å². The smallest absolute Gasteiger partial charge is 0.191 e. The molecule has 3 N–H and O–H groups in total. The van der Waals surface area contributed by atoms with E-state index in [0.717, 1.165) is 62.8 Å². The molecule has 1 aromatic heterocycles. The number of aliphatic imine (C=N–C) groups is 1. The summed E-state index contributed by atoms with van der Waals surface area (Å²) in [6, 6.07) is 10.8. The van der Waals surface area contributed by atoms with Gasteiger partial charge in [-0.1, -0.05) is 18.2 Å². The Morgan fingerprint density at radius 2 is 1.90 bits per heavy atom. The van der Waals surface area contributed by atoms with E-state index in [4.69, 9.17) is 4.99 Å². The highest BCUT2D eigenvalue weighted by atomic mass is 127. The molecule has 0 atom stereocenters.